The van der Waals surface area contributed by atoms with Crippen molar-refractivity contribution in [2.75, 3.05) is 12.4 Å². The van der Waals surface area contributed by atoms with Gasteiger partial charge in [0.15, 0.2) is 0 Å². The number of carbonyl (C=O) groups is 1. The van der Waals surface area contributed by atoms with Crippen LogP contribution in [-0.4, -0.2) is 31.7 Å². The van der Waals surface area contributed by atoms with Crippen molar-refractivity contribution in [2.24, 2.45) is 0 Å². The number of benzene rings is 2. The molecule has 0 unspecified atom stereocenters. The molecule has 134 valence electrons. The zero-order chi connectivity index (χ0) is 18.8. The Labute approximate surface area is 157 Å². The van der Waals surface area contributed by atoms with E-state index in [-0.39, 0.29) is 16.8 Å². The maximum atomic E-state index is 12.4. The van der Waals surface area contributed by atoms with Crippen LogP contribution < -0.4 is 5.32 Å². The van der Waals surface area contributed by atoms with Gasteiger partial charge in [-0.2, -0.15) is 4.31 Å². The normalized spacial score (nSPS) is 11.8. The molecule has 25 heavy (non-hydrogen) atoms. The third kappa shape index (κ3) is 4.73. The molecular formula is C17H18Cl2N2O3S. The van der Waals surface area contributed by atoms with Crippen LogP contribution in [0.2, 0.25) is 10.0 Å². The predicted octanol–water partition coefficient (Wildman–Crippen LogP) is 4.27. The van der Waals surface area contributed by atoms with Crippen molar-refractivity contribution in [1.82, 2.24) is 4.31 Å². The van der Waals surface area contributed by atoms with Crippen molar-refractivity contribution < 1.29 is 13.2 Å². The van der Waals surface area contributed by atoms with E-state index < -0.39 is 10.0 Å². The zero-order valence-electron chi connectivity index (χ0n) is 14.0. The summed E-state index contributed by atoms with van der Waals surface area (Å²) < 4.78 is 26.1. The van der Waals surface area contributed by atoms with Gasteiger partial charge in [-0.25, -0.2) is 8.42 Å². The Balaban J connectivity index is 2.20. The maximum absolute atomic E-state index is 12.4. The number of amides is 1. The van der Waals surface area contributed by atoms with Gasteiger partial charge in [0.25, 0.3) is 5.91 Å². The van der Waals surface area contributed by atoms with E-state index in [1.807, 2.05) is 0 Å². The summed E-state index contributed by atoms with van der Waals surface area (Å²) in [5.74, 6) is -0.389. The molecule has 0 aliphatic heterocycles. The van der Waals surface area contributed by atoms with Gasteiger partial charge >= 0.3 is 0 Å². The van der Waals surface area contributed by atoms with Gasteiger partial charge in [-0.05, 0) is 56.3 Å². The summed E-state index contributed by atoms with van der Waals surface area (Å²) in [4.78, 5) is 12.4. The first-order valence-electron chi connectivity index (χ1n) is 7.47. The van der Waals surface area contributed by atoms with Crippen molar-refractivity contribution in [1.29, 1.82) is 0 Å². The Hall–Kier alpha value is -1.60. The number of nitrogens with one attached hydrogen (secondary N) is 1. The van der Waals surface area contributed by atoms with Gasteiger partial charge in [0.1, 0.15) is 0 Å². The highest BCUT2D eigenvalue weighted by molar-refractivity contribution is 7.89. The number of sulfonamides is 1. The van der Waals surface area contributed by atoms with Crippen LogP contribution in [0.1, 0.15) is 24.2 Å². The molecule has 0 radical (unpaired) electrons. The topological polar surface area (TPSA) is 66.5 Å². The lowest BCUT2D eigenvalue weighted by atomic mass is 10.2. The molecule has 0 spiro atoms. The average molecular weight is 401 g/mol. The molecule has 0 aliphatic rings. The Morgan fingerprint density at radius 2 is 1.56 bits per heavy atom. The minimum atomic E-state index is -3.58. The fourth-order valence-electron chi connectivity index (χ4n) is 2.05. The number of hydrogen-bond acceptors (Lipinski definition) is 3. The third-order valence-corrected chi connectivity index (χ3v) is 6.13. The fourth-order valence-corrected chi connectivity index (χ4v) is 3.95. The molecule has 0 saturated heterocycles. The molecule has 2 aromatic rings. The van der Waals surface area contributed by atoms with E-state index in [1.54, 1.807) is 32.0 Å². The van der Waals surface area contributed by atoms with Crippen molar-refractivity contribution in [3.05, 3.63) is 58.1 Å². The SMILES string of the molecule is CC(C)N(C)S(=O)(=O)c1ccc(C(=O)Nc2cc(Cl)cc(Cl)c2)cc1. The van der Waals surface area contributed by atoms with E-state index in [0.29, 0.717) is 21.3 Å². The molecule has 0 bridgehead atoms. The lowest BCUT2D eigenvalue weighted by molar-refractivity contribution is 0.102. The smallest absolute Gasteiger partial charge is 0.255 e. The van der Waals surface area contributed by atoms with Gasteiger partial charge in [0.05, 0.1) is 4.90 Å². The number of rotatable bonds is 5. The Kier molecular flexibility index (Phi) is 6.11. The highest BCUT2D eigenvalue weighted by Gasteiger charge is 2.23. The number of halogens is 2. The monoisotopic (exact) mass is 400 g/mol. The third-order valence-electron chi connectivity index (χ3n) is 3.64. The molecule has 0 fully saturated rings. The quantitative estimate of drug-likeness (QED) is 0.814. The van der Waals surface area contributed by atoms with Gasteiger partial charge in [-0.15, -0.1) is 0 Å². The molecule has 1 N–H and O–H groups in total. The first kappa shape index (κ1) is 19.7. The van der Waals surface area contributed by atoms with Crippen LogP contribution in [0.3, 0.4) is 0 Å². The largest absolute Gasteiger partial charge is 0.322 e. The minimum absolute atomic E-state index is 0.131. The van der Waals surface area contributed by atoms with Crippen LogP contribution in [0.4, 0.5) is 5.69 Å². The summed E-state index contributed by atoms with van der Waals surface area (Å²) in [6.45, 7) is 3.57. The van der Waals surface area contributed by atoms with Gasteiger partial charge in [0, 0.05) is 34.4 Å². The number of hydrogen-bond donors (Lipinski definition) is 1. The Bertz CT molecular complexity index is 861. The van der Waals surface area contributed by atoms with E-state index in [9.17, 15) is 13.2 Å². The van der Waals surface area contributed by atoms with Crippen LogP contribution in [0.25, 0.3) is 0 Å². The van der Waals surface area contributed by atoms with Crippen molar-refractivity contribution in [2.45, 2.75) is 24.8 Å². The Morgan fingerprint density at radius 1 is 1.04 bits per heavy atom. The first-order chi connectivity index (χ1) is 11.6. The van der Waals surface area contributed by atoms with Crippen LogP contribution in [0, 0.1) is 0 Å². The number of carbonyl (C=O) groups excluding carboxylic acids is 1. The summed E-state index contributed by atoms with van der Waals surface area (Å²) in [6, 6.07) is 10.3. The van der Waals surface area contributed by atoms with Crippen LogP contribution >= 0.6 is 23.2 Å². The predicted molar refractivity (Wildman–Crippen MR) is 101 cm³/mol. The molecule has 0 saturated carbocycles. The van der Waals surface area contributed by atoms with E-state index in [1.165, 1.54) is 35.6 Å². The second-order valence-corrected chi connectivity index (χ2v) is 8.62. The number of nitrogens with zero attached hydrogens (tertiary/aromatic N) is 1. The highest BCUT2D eigenvalue weighted by Crippen LogP contribution is 2.23. The van der Waals surface area contributed by atoms with E-state index in [2.05, 4.69) is 5.32 Å². The van der Waals surface area contributed by atoms with Crippen LogP contribution in [0.15, 0.2) is 47.4 Å². The summed E-state index contributed by atoms with van der Waals surface area (Å²) >= 11 is 11.8. The van der Waals surface area contributed by atoms with Gasteiger partial charge in [-0.3, -0.25) is 4.79 Å². The summed E-state index contributed by atoms with van der Waals surface area (Å²) in [6.07, 6.45) is 0. The van der Waals surface area contributed by atoms with E-state index >= 15 is 0 Å². The molecule has 5 nitrogen and oxygen atoms in total. The van der Waals surface area contributed by atoms with Crippen molar-refractivity contribution in [3.8, 4) is 0 Å². The number of anilines is 1. The maximum Gasteiger partial charge on any atom is 0.255 e. The van der Waals surface area contributed by atoms with E-state index in [0.717, 1.165) is 0 Å². The Morgan fingerprint density at radius 3 is 2.04 bits per heavy atom. The van der Waals surface area contributed by atoms with Crippen LogP contribution in [-0.2, 0) is 10.0 Å². The van der Waals surface area contributed by atoms with Gasteiger partial charge in [-0.1, -0.05) is 23.2 Å². The summed E-state index contributed by atoms with van der Waals surface area (Å²) in [5.41, 5.74) is 0.779. The fraction of sp³-hybridized carbons (Fsp3) is 0.235. The molecule has 0 aliphatic carbocycles. The van der Waals surface area contributed by atoms with Crippen molar-refractivity contribution in [3.63, 3.8) is 0 Å². The molecule has 1 amide bonds. The summed E-state index contributed by atoms with van der Waals surface area (Å²) in [7, 11) is -2.07. The second kappa shape index (κ2) is 7.74. The van der Waals surface area contributed by atoms with Gasteiger partial charge in [0.2, 0.25) is 10.0 Å². The zero-order valence-corrected chi connectivity index (χ0v) is 16.3. The molecule has 2 rings (SSSR count). The molecule has 0 atom stereocenters. The lowest BCUT2D eigenvalue weighted by Gasteiger charge is -2.21. The van der Waals surface area contributed by atoms with Crippen LogP contribution in [0.5, 0.6) is 0 Å². The van der Waals surface area contributed by atoms with E-state index in [4.69, 9.17) is 23.2 Å². The minimum Gasteiger partial charge on any atom is -0.322 e. The van der Waals surface area contributed by atoms with Crippen molar-refractivity contribution >= 4 is 44.8 Å². The highest BCUT2D eigenvalue weighted by atomic mass is 35.5. The molecular weight excluding hydrogens is 383 g/mol. The first-order valence-corrected chi connectivity index (χ1v) is 9.66. The molecule has 2 aromatic carbocycles. The second-order valence-electron chi connectivity index (χ2n) is 5.75. The van der Waals surface area contributed by atoms with Gasteiger partial charge < -0.3 is 5.32 Å². The molecule has 0 aromatic heterocycles. The standard InChI is InChI=1S/C17H18Cl2N2O3S/c1-11(2)21(3)25(23,24)16-6-4-12(5-7-16)17(22)20-15-9-13(18)8-14(19)10-15/h4-11H,1-3H3,(H,20,22). The lowest BCUT2D eigenvalue weighted by Crippen LogP contribution is -2.33. The average Bonchev–Trinajstić information content (AvgIpc) is 2.53. The molecule has 0 heterocycles. The summed E-state index contributed by atoms with van der Waals surface area (Å²) in [5, 5.41) is 3.48. The molecule has 8 heteroatoms.